The van der Waals surface area contributed by atoms with Crippen LogP contribution in [0.3, 0.4) is 0 Å². The maximum absolute atomic E-state index is 12.3. The molecule has 30 heavy (non-hydrogen) atoms. The zero-order valence-corrected chi connectivity index (χ0v) is 16.2. The van der Waals surface area contributed by atoms with Crippen LogP contribution in [-0.2, 0) is 11.3 Å². The van der Waals surface area contributed by atoms with Crippen LogP contribution >= 0.6 is 0 Å². The highest BCUT2D eigenvalue weighted by Gasteiger charge is 2.17. The number of anilines is 1. The summed E-state index contributed by atoms with van der Waals surface area (Å²) in [4.78, 5) is 24.3. The summed E-state index contributed by atoms with van der Waals surface area (Å²) in [5.74, 6) is 1.52. The van der Waals surface area contributed by atoms with Gasteiger partial charge in [0.2, 0.25) is 6.79 Å². The van der Waals surface area contributed by atoms with Crippen LogP contribution in [0.2, 0.25) is 0 Å². The van der Waals surface area contributed by atoms with Gasteiger partial charge in [-0.3, -0.25) is 9.59 Å². The summed E-state index contributed by atoms with van der Waals surface area (Å²) in [5, 5.41) is 5.55. The lowest BCUT2D eigenvalue weighted by Gasteiger charge is -2.15. The highest BCUT2D eigenvalue weighted by atomic mass is 16.7. The van der Waals surface area contributed by atoms with Crippen molar-refractivity contribution < 1.29 is 28.2 Å². The summed E-state index contributed by atoms with van der Waals surface area (Å²) in [6.45, 7) is 2.23. The van der Waals surface area contributed by atoms with Crippen molar-refractivity contribution in [3.63, 3.8) is 0 Å². The fourth-order valence-corrected chi connectivity index (χ4v) is 2.86. The van der Waals surface area contributed by atoms with Crippen molar-refractivity contribution in [1.29, 1.82) is 0 Å². The highest BCUT2D eigenvalue weighted by molar-refractivity contribution is 6.02. The summed E-state index contributed by atoms with van der Waals surface area (Å²) in [5.41, 5.74) is 1.49. The van der Waals surface area contributed by atoms with Crippen LogP contribution in [0.4, 0.5) is 5.69 Å². The molecule has 1 aliphatic rings. The van der Waals surface area contributed by atoms with Gasteiger partial charge in [0.15, 0.2) is 23.4 Å². The fourth-order valence-electron chi connectivity index (χ4n) is 2.86. The van der Waals surface area contributed by atoms with Crippen molar-refractivity contribution in [2.45, 2.75) is 19.6 Å². The van der Waals surface area contributed by atoms with Gasteiger partial charge in [0.25, 0.3) is 11.8 Å². The molecule has 2 heterocycles. The van der Waals surface area contributed by atoms with Crippen molar-refractivity contribution in [2.75, 3.05) is 12.1 Å². The minimum Gasteiger partial charge on any atom is -0.481 e. The number of amides is 2. The van der Waals surface area contributed by atoms with Crippen molar-refractivity contribution in [2.24, 2.45) is 0 Å². The zero-order chi connectivity index (χ0) is 20.9. The Hall–Kier alpha value is -3.94. The third-order valence-corrected chi connectivity index (χ3v) is 4.44. The molecule has 1 aromatic heterocycles. The van der Waals surface area contributed by atoms with Crippen molar-refractivity contribution in [3.8, 4) is 17.2 Å². The molecule has 1 unspecified atom stereocenters. The topological polar surface area (TPSA) is 99.0 Å². The van der Waals surface area contributed by atoms with Crippen LogP contribution < -0.4 is 24.8 Å². The first-order chi connectivity index (χ1) is 14.6. The average molecular weight is 408 g/mol. The van der Waals surface area contributed by atoms with E-state index in [1.807, 2.05) is 18.2 Å². The predicted octanol–water partition coefficient (Wildman–Crippen LogP) is 3.34. The average Bonchev–Trinajstić information content (AvgIpc) is 3.45. The molecule has 0 aliphatic carbocycles. The number of furan rings is 1. The molecular weight excluding hydrogens is 388 g/mol. The van der Waals surface area contributed by atoms with E-state index in [9.17, 15) is 9.59 Å². The van der Waals surface area contributed by atoms with Crippen LogP contribution in [0.5, 0.6) is 17.2 Å². The largest absolute Gasteiger partial charge is 0.481 e. The molecule has 0 bridgehead atoms. The summed E-state index contributed by atoms with van der Waals surface area (Å²) in [7, 11) is 0. The fraction of sp³-hybridized carbons (Fsp3) is 0.182. The third kappa shape index (κ3) is 4.54. The molecule has 8 nitrogen and oxygen atoms in total. The Balaban J connectivity index is 1.27. The van der Waals surface area contributed by atoms with Crippen LogP contribution in [0, 0.1) is 0 Å². The molecule has 8 heteroatoms. The van der Waals surface area contributed by atoms with E-state index in [1.165, 1.54) is 6.26 Å². The molecule has 154 valence electrons. The number of hydrogen-bond acceptors (Lipinski definition) is 6. The quantitative estimate of drug-likeness (QED) is 0.622. The van der Waals surface area contributed by atoms with Gasteiger partial charge in [-0.25, -0.2) is 0 Å². The van der Waals surface area contributed by atoms with Gasteiger partial charge in [-0.05, 0) is 61.0 Å². The van der Waals surface area contributed by atoms with E-state index in [0.29, 0.717) is 29.5 Å². The molecule has 4 rings (SSSR count). The summed E-state index contributed by atoms with van der Waals surface area (Å²) in [6.07, 6.45) is 0.743. The highest BCUT2D eigenvalue weighted by Crippen LogP contribution is 2.32. The van der Waals surface area contributed by atoms with Gasteiger partial charge in [0, 0.05) is 12.2 Å². The number of carbonyl (C=O) groups is 2. The van der Waals surface area contributed by atoms with Gasteiger partial charge in [-0.15, -0.1) is 0 Å². The smallest absolute Gasteiger partial charge is 0.291 e. The third-order valence-electron chi connectivity index (χ3n) is 4.44. The van der Waals surface area contributed by atoms with E-state index in [2.05, 4.69) is 10.6 Å². The van der Waals surface area contributed by atoms with E-state index in [0.717, 1.165) is 5.56 Å². The van der Waals surface area contributed by atoms with Gasteiger partial charge in [0.1, 0.15) is 5.75 Å². The monoisotopic (exact) mass is 408 g/mol. The van der Waals surface area contributed by atoms with Crippen molar-refractivity contribution in [3.05, 3.63) is 72.2 Å². The Kier molecular flexibility index (Phi) is 5.56. The number of carbonyl (C=O) groups excluding carboxylic acids is 2. The second-order valence-corrected chi connectivity index (χ2v) is 6.62. The Morgan fingerprint density at radius 3 is 2.63 bits per heavy atom. The Labute approximate surface area is 172 Å². The standard InChI is InChI=1S/C22H20N2O6/c1-14(21(25)23-12-15-4-9-18-20(11-15)29-13-28-18)30-17-7-5-16(6-8-17)24-22(26)19-3-2-10-27-19/h2-11,14H,12-13H2,1H3,(H,23,25)(H,24,26). The molecule has 0 saturated carbocycles. The number of hydrogen-bond donors (Lipinski definition) is 2. The van der Waals surface area contributed by atoms with Gasteiger partial charge >= 0.3 is 0 Å². The van der Waals surface area contributed by atoms with Crippen LogP contribution in [-0.4, -0.2) is 24.7 Å². The first-order valence-electron chi connectivity index (χ1n) is 9.36. The molecule has 0 spiro atoms. The van der Waals surface area contributed by atoms with Gasteiger partial charge in [-0.1, -0.05) is 6.07 Å². The summed E-state index contributed by atoms with van der Waals surface area (Å²) in [6, 6.07) is 15.5. The number of rotatable bonds is 7. The number of nitrogens with one attached hydrogen (secondary N) is 2. The van der Waals surface area contributed by atoms with Crippen LogP contribution in [0.1, 0.15) is 23.0 Å². The van der Waals surface area contributed by atoms with E-state index in [1.54, 1.807) is 43.3 Å². The maximum Gasteiger partial charge on any atom is 0.291 e. The maximum atomic E-state index is 12.3. The van der Waals surface area contributed by atoms with E-state index in [-0.39, 0.29) is 24.4 Å². The minimum absolute atomic E-state index is 0.210. The summed E-state index contributed by atoms with van der Waals surface area (Å²) < 4.78 is 21.3. The molecule has 1 atom stereocenters. The second kappa shape index (κ2) is 8.60. The van der Waals surface area contributed by atoms with Crippen molar-refractivity contribution in [1.82, 2.24) is 5.32 Å². The Morgan fingerprint density at radius 1 is 1.07 bits per heavy atom. The molecule has 2 aromatic carbocycles. The van der Waals surface area contributed by atoms with Crippen LogP contribution in [0.15, 0.2) is 65.3 Å². The Morgan fingerprint density at radius 2 is 1.87 bits per heavy atom. The lowest BCUT2D eigenvalue weighted by Crippen LogP contribution is -2.35. The van der Waals surface area contributed by atoms with E-state index in [4.69, 9.17) is 18.6 Å². The van der Waals surface area contributed by atoms with Crippen LogP contribution in [0.25, 0.3) is 0 Å². The zero-order valence-electron chi connectivity index (χ0n) is 16.2. The predicted molar refractivity (Wildman–Crippen MR) is 108 cm³/mol. The van der Waals surface area contributed by atoms with E-state index < -0.39 is 6.10 Å². The molecule has 1 aliphatic heterocycles. The SMILES string of the molecule is CC(Oc1ccc(NC(=O)c2ccco2)cc1)C(=O)NCc1ccc2c(c1)OCO2. The van der Waals surface area contributed by atoms with Crippen molar-refractivity contribution >= 4 is 17.5 Å². The first kappa shape index (κ1) is 19.4. The number of fused-ring (bicyclic) bond motifs is 1. The molecule has 2 N–H and O–H groups in total. The van der Waals surface area contributed by atoms with Gasteiger partial charge in [-0.2, -0.15) is 0 Å². The number of ether oxygens (including phenoxy) is 3. The minimum atomic E-state index is -0.692. The van der Waals surface area contributed by atoms with Gasteiger partial charge < -0.3 is 29.3 Å². The lowest BCUT2D eigenvalue weighted by atomic mass is 10.2. The molecular formula is C22H20N2O6. The Bertz CT molecular complexity index is 1030. The van der Waals surface area contributed by atoms with Gasteiger partial charge in [0.05, 0.1) is 6.26 Å². The lowest BCUT2D eigenvalue weighted by molar-refractivity contribution is -0.127. The normalized spacial score (nSPS) is 12.8. The van der Waals surface area contributed by atoms with E-state index >= 15 is 0 Å². The molecule has 2 amide bonds. The molecule has 0 radical (unpaired) electrons. The second-order valence-electron chi connectivity index (χ2n) is 6.62. The molecule has 0 saturated heterocycles. The molecule has 0 fully saturated rings. The first-order valence-corrected chi connectivity index (χ1v) is 9.36. The summed E-state index contributed by atoms with van der Waals surface area (Å²) >= 11 is 0. The number of benzene rings is 2. The molecule has 3 aromatic rings.